The largest absolute Gasteiger partial charge is 0.391 e. The molecule has 0 N–H and O–H groups in total. The van der Waals surface area contributed by atoms with Crippen LogP contribution >= 0.6 is 0 Å². The van der Waals surface area contributed by atoms with E-state index in [0.717, 1.165) is 0 Å². The highest BCUT2D eigenvalue weighted by Crippen LogP contribution is 2.42. The van der Waals surface area contributed by atoms with Crippen molar-refractivity contribution in [2.75, 3.05) is 0 Å². The predicted molar refractivity (Wildman–Crippen MR) is 57.7 cm³/mol. The van der Waals surface area contributed by atoms with Crippen molar-refractivity contribution in [1.82, 2.24) is 0 Å². The second kappa shape index (κ2) is 4.51. The highest BCUT2D eigenvalue weighted by atomic mass is 19.4. The van der Waals surface area contributed by atoms with Crippen molar-refractivity contribution < 1.29 is 18.0 Å². The minimum atomic E-state index is -4.16. The summed E-state index contributed by atoms with van der Waals surface area (Å²) in [5.74, 6) is -1.93. The zero-order valence-corrected chi connectivity index (χ0v) is 9.20. The number of hydrogen-bond donors (Lipinski definition) is 0. The molecule has 0 radical (unpaired) electrons. The van der Waals surface area contributed by atoms with Crippen LogP contribution in [-0.2, 0) is 0 Å². The molecule has 2 atom stereocenters. The molecule has 1 aromatic rings. The third-order valence-electron chi connectivity index (χ3n) is 3.32. The summed E-state index contributed by atoms with van der Waals surface area (Å²) in [6.07, 6.45) is -3.80. The Morgan fingerprint density at radius 2 is 1.76 bits per heavy atom. The molecule has 0 aromatic heterocycles. The van der Waals surface area contributed by atoms with E-state index in [9.17, 15) is 18.0 Å². The van der Waals surface area contributed by atoms with Gasteiger partial charge in [-0.05, 0) is 19.3 Å². The Balaban J connectivity index is 2.05. The lowest BCUT2D eigenvalue weighted by molar-refractivity contribution is -0.172. The number of Topliss-reactive ketones (excluding diaryl/α,β-unsaturated/α-hetero) is 1. The van der Waals surface area contributed by atoms with Crippen LogP contribution in [0.2, 0.25) is 0 Å². The Labute approximate surface area is 97.6 Å². The van der Waals surface area contributed by atoms with E-state index in [-0.39, 0.29) is 18.6 Å². The summed E-state index contributed by atoms with van der Waals surface area (Å²) in [6.45, 7) is 0. The number of ketones is 1. The van der Waals surface area contributed by atoms with Crippen LogP contribution in [0.15, 0.2) is 30.3 Å². The van der Waals surface area contributed by atoms with Crippen molar-refractivity contribution in [2.45, 2.75) is 25.4 Å². The number of carbonyl (C=O) groups excluding carboxylic acids is 1. The highest BCUT2D eigenvalue weighted by molar-refractivity contribution is 5.97. The van der Waals surface area contributed by atoms with Crippen LogP contribution in [0.5, 0.6) is 0 Å². The fraction of sp³-hybridized carbons (Fsp3) is 0.462. The lowest BCUT2D eigenvalue weighted by Crippen LogP contribution is -2.21. The monoisotopic (exact) mass is 242 g/mol. The minimum Gasteiger partial charge on any atom is -0.294 e. The third-order valence-corrected chi connectivity index (χ3v) is 3.32. The molecule has 1 aliphatic carbocycles. The molecule has 1 saturated carbocycles. The van der Waals surface area contributed by atoms with Crippen molar-refractivity contribution in [3.8, 4) is 0 Å². The summed E-state index contributed by atoms with van der Waals surface area (Å²) >= 11 is 0. The van der Waals surface area contributed by atoms with Gasteiger partial charge in [-0.1, -0.05) is 30.3 Å². The average molecular weight is 242 g/mol. The van der Waals surface area contributed by atoms with Crippen molar-refractivity contribution in [3.05, 3.63) is 35.9 Å². The van der Waals surface area contributed by atoms with Crippen LogP contribution in [-0.4, -0.2) is 12.0 Å². The van der Waals surface area contributed by atoms with Crippen LogP contribution in [0.25, 0.3) is 0 Å². The Morgan fingerprint density at radius 3 is 2.29 bits per heavy atom. The predicted octanol–water partition coefficient (Wildman–Crippen LogP) is 3.85. The lowest BCUT2D eigenvalue weighted by Gasteiger charge is -2.14. The maximum Gasteiger partial charge on any atom is 0.391 e. The zero-order chi connectivity index (χ0) is 12.5. The van der Waals surface area contributed by atoms with E-state index in [2.05, 4.69) is 0 Å². The molecule has 1 nitrogen and oxygen atoms in total. The zero-order valence-electron chi connectivity index (χ0n) is 9.20. The van der Waals surface area contributed by atoms with E-state index < -0.39 is 18.0 Å². The van der Waals surface area contributed by atoms with E-state index in [1.54, 1.807) is 30.3 Å². The van der Waals surface area contributed by atoms with E-state index in [4.69, 9.17) is 0 Å². The summed E-state index contributed by atoms with van der Waals surface area (Å²) < 4.78 is 37.5. The van der Waals surface area contributed by atoms with Gasteiger partial charge < -0.3 is 0 Å². The van der Waals surface area contributed by atoms with Crippen molar-refractivity contribution >= 4 is 5.78 Å². The summed E-state index contributed by atoms with van der Waals surface area (Å²) in [7, 11) is 0. The molecule has 2 rings (SSSR count). The summed E-state index contributed by atoms with van der Waals surface area (Å²) in [5.41, 5.74) is 0.514. The molecule has 1 unspecified atom stereocenters. The molecular weight excluding hydrogens is 229 g/mol. The Hall–Kier alpha value is -1.32. The average Bonchev–Trinajstić information content (AvgIpc) is 2.78. The van der Waals surface area contributed by atoms with Crippen LogP contribution in [0.4, 0.5) is 13.2 Å². The fourth-order valence-electron chi connectivity index (χ4n) is 2.36. The summed E-state index contributed by atoms with van der Waals surface area (Å²) in [5, 5.41) is 0. The Morgan fingerprint density at radius 1 is 1.12 bits per heavy atom. The second-order valence-electron chi connectivity index (χ2n) is 4.48. The fourth-order valence-corrected chi connectivity index (χ4v) is 2.36. The number of rotatable bonds is 2. The van der Waals surface area contributed by atoms with Gasteiger partial charge in [0, 0.05) is 11.5 Å². The van der Waals surface area contributed by atoms with Gasteiger partial charge in [-0.15, -0.1) is 0 Å². The van der Waals surface area contributed by atoms with Gasteiger partial charge in [-0.25, -0.2) is 0 Å². The van der Waals surface area contributed by atoms with Crippen LogP contribution in [0.3, 0.4) is 0 Å². The number of halogens is 3. The SMILES string of the molecule is O=C(c1ccccc1)C1CC[C@H](C(F)(F)F)C1. The topological polar surface area (TPSA) is 17.1 Å². The van der Waals surface area contributed by atoms with Gasteiger partial charge in [0.25, 0.3) is 0 Å². The van der Waals surface area contributed by atoms with Crippen molar-refractivity contribution in [1.29, 1.82) is 0 Å². The maximum atomic E-state index is 12.5. The molecule has 4 heteroatoms. The lowest BCUT2D eigenvalue weighted by atomic mass is 9.95. The Bertz CT molecular complexity index is 397. The van der Waals surface area contributed by atoms with Gasteiger partial charge in [0.1, 0.15) is 0 Å². The molecule has 0 aliphatic heterocycles. The maximum absolute atomic E-state index is 12.5. The molecule has 17 heavy (non-hydrogen) atoms. The highest BCUT2D eigenvalue weighted by Gasteiger charge is 2.45. The van der Waals surface area contributed by atoms with Crippen LogP contribution < -0.4 is 0 Å². The Kier molecular flexibility index (Phi) is 3.22. The molecule has 0 bridgehead atoms. The number of carbonyl (C=O) groups is 1. The first kappa shape index (κ1) is 12.1. The smallest absolute Gasteiger partial charge is 0.294 e. The van der Waals surface area contributed by atoms with Gasteiger partial charge in [0.2, 0.25) is 0 Å². The molecule has 1 aliphatic rings. The number of benzene rings is 1. The molecular formula is C13H13F3O. The summed E-state index contributed by atoms with van der Waals surface area (Å²) in [6, 6.07) is 8.54. The van der Waals surface area contributed by atoms with Gasteiger partial charge in [0.05, 0.1) is 5.92 Å². The van der Waals surface area contributed by atoms with Crippen LogP contribution in [0.1, 0.15) is 29.6 Å². The van der Waals surface area contributed by atoms with Gasteiger partial charge in [0.15, 0.2) is 5.78 Å². The number of hydrogen-bond acceptors (Lipinski definition) is 1. The molecule has 0 heterocycles. The molecule has 0 amide bonds. The molecule has 1 aromatic carbocycles. The molecule has 0 spiro atoms. The molecule has 92 valence electrons. The van der Waals surface area contributed by atoms with Crippen molar-refractivity contribution in [2.24, 2.45) is 11.8 Å². The summed E-state index contributed by atoms with van der Waals surface area (Å²) in [4.78, 5) is 12.0. The van der Waals surface area contributed by atoms with Crippen LogP contribution in [0, 0.1) is 11.8 Å². The van der Waals surface area contributed by atoms with E-state index in [1.807, 2.05) is 0 Å². The number of alkyl halides is 3. The van der Waals surface area contributed by atoms with Crippen molar-refractivity contribution in [3.63, 3.8) is 0 Å². The third kappa shape index (κ3) is 2.68. The first-order valence-corrected chi connectivity index (χ1v) is 5.64. The second-order valence-corrected chi connectivity index (χ2v) is 4.48. The first-order chi connectivity index (χ1) is 7.98. The molecule has 1 fully saturated rings. The van der Waals surface area contributed by atoms with E-state index >= 15 is 0 Å². The van der Waals surface area contributed by atoms with Gasteiger partial charge in [-0.3, -0.25) is 4.79 Å². The standard InChI is InChI=1S/C13H13F3O/c14-13(15,16)11-7-6-10(8-11)12(17)9-4-2-1-3-5-9/h1-5,10-11H,6-8H2/t10?,11-/m0/s1. The first-order valence-electron chi connectivity index (χ1n) is 5.64. The molecule has 0 saturated heterocycles. The quantitative estimate of drug-likeness (QED) is 0.720. The van der Waals surface area contributed by atoms with E-state index in [1.165, 1.54) is 0 Å². The minimum absolute atomic E-state index is 0.0583. The van der Waals surface area contributed by atoms with Gasteiger partial charge in [-0.2, -0.15) is 13.2 Å². The normalized spacial score (nSPS) is 24.9. The van der Waals surface area contributed by atoms with Gasteiger partial charge >= 0.3 is 6.18 Å². The van der Waals surface area contributed by atoms with E-state index in [0.29, 0.717) is 12.0 Å².